The molecule has 23 heavy (non-hydrogen) atoms. The second-order valence-corrected chi connectivity index (χ2v) is 6.87. The number of rotatable bonds is 5. The first-order valence-electron chi connectivity index (χ1n) is 7.65. The van der Waals surface area contributed by atoms with Crippen LogP contribution in [-0.2, 0) is 11.3 Å². The lowest BCUT2D eigenvalue weighted by Crippen LogP contribution is -2.28. The topological polar surface area (TPSA) is 55.4 Å². The Bertz CT molecular complexity index is 737. The van der Waals surface area contributed by atoms with E-state index in [9.17, 15) is 9.59 Å². The van der Waals surface area contributed by atoms with E-state index in [1.807, 2.05) is 37.4 Å². The van der Waals surface area contributed by atoms with Crippen molar-refractivity contribution >= 4 is 23.0 Å². The quantitative estimate of drug-likeness (QED) is 0.914. The fourth-order valence-corrected chi connectivity index (χ4v) is 3.67. The Morgan fingerprint density at radius 1 is 1.39 bits per heavy atom. The lowest BCUT2D eigenvalue weighted by molar-refractivity contribution is -0.123. The molecule has 0 fully saturated rings. The maximum absolute atomic E-state index is 12.2. The van der Waals surface area contributed by atoms with Crippen molar-refractivity contribution in [1.29, 1.82) is 0 Å². The molecule has 1 amide bonds. The summed E-state index contributed by atoms with van der Waals surface area (Å²) in [5, 5.41) is 4.79. The Morgan fingerprint density at radius 2 is 2.22 bits per heavy atom. The van der Waals surface area contributed by atoms with Crippen LogP contribution in [0.15, 0.2) is 29.6 Å². The van der Waals surface area contributed by atoms with Gasteiger partial charge in [0.25, 0.3) is 5.91 Å². The number of aryl methyl sites for hydroxylation is 1. The summed E-state index contributed by atoms with van der Waals surface area (Å²) in [5.41, 5.74) is 2.82. The molecule has 0 saturated heterocycles. The summed E-state index contributed by atoms with van der Waals surface area (Å²) in [5.74, 6) is 0.649. The Morgan fingerprint density at radius 3 is 2.96 bits per heavy atom. The second-order valence-electron chi connectivity index (χ2n) is 5.84. The minimum atomic E-state index is -0.189. The van der Waals surface area contributed by atoms with Crippen molar-refractivity contribution in [3.8, 4) is 5.75 Å². The standard InChI is InChI=1S/C18H19NO3S/c1-11-5-6-15(18-14(20)8-12(2)17(11)18)22-10-16(21)19-9-13-4-3-7-23-13/h3-7,12H,8-10H2,1-2H3,(H,19,21)/t12-/m1/s1. The lowest BCUT2D eigenvalue weighted by Gasteiger charge is -2.13. The molecule has 2 aromatic rings. The van der Waals surface area contributed by atoms with E-state index >= 15 is 0 Å². The number of Topliss-reactive ketones (excluding diaryl/α,β-unsaturated/α-hetero) is 1. The van der Waals surface area contributed by atoms with E-state index < -0.39 is 0 Å². The van der Waals surface area contributed by atoms with Gasteiger partial charge in [-0.1, -0.05) is 19.1 Å². The van der Waals surface area contributed by atoms with Crippen LogP contribution in [0.3, 0.4) is 0 Å². The highest BCUT2D eigenvalue weighted by Gasteiger charge is 2.31. The predicted octanol–water partition coefficient (Wildman–Crippen LogP) is 3.44. The molecule has 3 rings (SSSR count). The number of ether oxygens (including phenoxy) is 1. The minimum Gasteiger partial charge on any atom is -0.483 e. The van der Waals surface area contributed by atoms with Crippen LogP contribution in [0.5, 0.6) is 5.75 Å². The summed E-state index contributed by atoms with van der Waals surface area (Å²) in [6.07, 6.45) is 0.515. The zero-order chi connectivity index (χ0) is 16.4. The Kier molecular flexibility index (Phi) is 4.48. The summed E-state index contributed by atoms with van der Waals surface area (Å²) in [4.78, 5) is 25.2. The van der Waals surface area contributed by atoms with Gasteiger partial charge in [-0.3, -0.25) is 9.59 Å². The molecule has 0 unspecified atom stereocenters. The molecule has 1 aliphatic rings. The van der Waals surface area contributed by atoms with Gasteiger partial charge in [-0.15, -0.1) is 11.3 Å². The SMILES string of the molecule is Cc1ccc(OCC(=O)NCc2cccs2)c2c1[C@H](C)CC2=O. The largest absolute Gasteiger partial charge is 0.483 e. The first-order valence-corrected chi connectivity index (χ1v) is 8.53. The summed E-state index contributed by atoms with van der Waals surface area (Å²) >= 11 is 1.60. The van der Waals surface area contributed by atoms with E-state index in [4.69, 9.17) is 4.74 Å². The van der Waals surface area contributed by atoms with E-state index in [2.05, 4.69) is 5.32 Å². The summed E-state index contributed by atoms with van der Waals surface area (Å²) in [7, 11) is 0. The van der Waals surface area contributed by atoms with Gasteiger partial charge in [0.1, 0.15) is 5.75 Å². The Labute approximate surface area is 139 Å². The molecule has 0 bridgehead atoms. The normalized spacial score (nSPS) is 16.3. The van der Waals surface area contributed by atoms with E-state index in [0.29, 0.717) is 24.3 Å². The van der Waals surface area contributed by atoms with E-state index in [1.54, 1.807) is 17.4 Å². The van der Waals surface area contributed by atoms with Gasteiger partial charge >= 0.3 is 0 Å². The molecule has 120 valence electrons. The molecule has 1 aromatic heterocycles. The summed E-state index contributed by atoms with van der Waals surface area (Å²) in [6, 6.07) is 7.66. The third-order valence-corrected chi connectivity index (χ3v) is 4.96. The maximum Gasteiger partial charge on any atom is 0.258 e. The van der Waals surface area contributed by atoms with E-state index in [1.165, 1.54) is 0 Å². The van der Waals surface area contributed by atoms with Crippen molar-refractivity contribution in [2.24, 2.45) is 0 Å². The van der Waals surface area contributed by atoms with Gasteiger partial charge in [0.15, 0.2) is 12.4 Å². The third-order valence-electron chi connectivity index (χ3n) is 4.09. The molecule has 1 heterocycles. The number of hydrogen-bond acceptors (Lipinski definition) is 4. The lowest BCUT2D eigenvalue weighted by atomic mass is 9.97. The van der Waals surface area contributed by atoms with Crippen molar-refractivity contribution in [2.75, 3.05) is 6.61 Å². The molecule has 0 aliphatic heterocycles. The molecule has 1 atom stereocenters. The molecule has 0 saturated carbocycles. The van der Waals surface area contributed by atoms with E-state index in [-0.39, 0.29) is 24.2 Å². The van der Waals surface area contributed by atoms with Crippen molar-refractivity contribution in [3.05, 3.63) is 51.2 Å². The first kappa shape index (κ1) is 15.7. The number of carbonyl (C=O) groups excluding carboxylic acids is 2. The van der Waals surface area contributed by atoms with Gasteiger partial charge in [-0.25, -0.2) is 0 Å². The van der Waals surface area contributed by atoms with E-state index in [0.717, 1.165) is 16.0 Å². The molecule has 0 spiro atoms. The number of fused-ring (bicyclic) bond motifs is 1. The highest BCUT2D eigenvalue weighted by atomic mass is 32.1. The number of thiophene rings is 1. The molecule has 1 aromatic carbocycles. The third kappa shape index (κ3) is 3.29. The van der Waals surface area contributed by atoms with Gasteiger partial charge in [0.2, 0.25) is 0 Å². The summed E-state index contributed by atoms with van der Waals surface area (Å²) in [6.45, 7) is 4.48. The van der Waals surface area contributed by atoms with Crippen LogP contribution in [0.1, 0.15) is 45.6 Å². The van der Waals surface area contributed by atoms with Gasteiger partial charge < -0.3 is 10.1 Å². The smallest absolute Gasteiger partial charge is 0.258 e. The van der Waals surface area contributed by atoms with Crippen molar-refractivity contribution in [1.82, 2.24) is 5.32 Å². The maximum atomic E-state index is 12.2. The molecule has 1 N–H and O–H groups in total. The zero-order valence-electron chi connectivity index (χ0n) is 13.2. The van der Waals surface area contributed by atoms with Crippen LogP contribution in [0.2, 0.25) is 0 Å². The van der Waals surface area contributed by atoms with Crippen molar-refractivity contribution < 1.29 is 14.3 Å². The number of nitrogens with one attached hydrogen (secondary N) is 1. The van der Waals surface area contributed by atoms with Gasteiger partial charge in [0, 0.05) is 11.3 Å². The number of ketones is 1. The minimum absolute atomic E-state index is 0.0808. The molecule has 1 aliphatic carbocycles. The monoisotopic (exact) mass is 329 g/mol. The second kappa shape index (κ2) is 6.54. The van der Waals surface area contributed by atoms with Crippen LogP contribution < -0.4 is 10.1 Å². The van der Waals surface area contributed by atoms with Gasteiger partial charge in [-0.2, -0.15) is 0 Å². The Balaban J connectivity index is 1.65. The molecule has 5 heteroatoms. The van der Waals surface area contributed by atoms with Crippen LogP contribution >= 0.6 is 11.3 Å². The van der Waals surface area contributed by atoms with Crippen LogP contribution in [-0.4, -0.2) is 18.3 Å². The Hall–Kier alpha value is -2.14. The zero-order valence-corrected chi connectivity index (χ0v) is 14.0. The number of hydrogen-bond donors (Lipinski definition) is 1. The highest BCUT2D eigenvalue weighted by molar-refractivity contribution is 7.09. The highest BCUT2D eigenvalue weighted by Crippen LogP contribution is 2.40. The van der Waals surface area contributed by atoms with Crippen LogP contribution in [0, 0.1) is 6.92 Å². The van der Waals surface area contributed by atoms with Gasteiger partial charge in [-0.05, 0) is 41.5 Å². The molecular formula is C18H19NO3S. The van der Waals surface area contributed by atoms with Crippen LogP contribution in [0.25, 0.3) is 0 Å². The number of benzene rings is 1. The first-order chi connectivity index (χ1) is 11.1. The predicted molar refractivity (Wildman–Crippen MR) is 90.2 cm³/mol. The average molecular weight is 329 g/mol. The molecule has 0 radical (unpaired) electrons. The number of amides is 1. The fraction of sp³-hybridized carbons (Fsp3) is 0.333. The summed E-state index contributed by atoms with van der Waals surface area (Å²) < 4.78 is 5.62. The fourth-order valence-electron chi connectivity index (χ4n) is 3.02. The molecular weight excluding hydrogens is 310 g/mol. The molecule has 4 nitrogen and oxygen atoms in total. The van der Waals surface area contributed by atoms with Crippen LogP contribution in [0.4, 0.5) is 0 Å². The van der Waals surface area contributed by atoms with Crippen molar-refractivity contribution in [3.63, 3.8) is 0 Å². The number of carbonyl (C=O) groups is 2. The van der Waals surface area contributed by atoms with Crippen molar-refractivity contribution in [2.45, 2.75) is 32.7 Å². The average Bonchev–Trinajstić information content (AvgIpc) is 3.13. The van der Waals surface area contributed by atoms with Gasteiger partial charge in [0.05, 0.1) is 12.1 Å².